The Morgan fingerprint density at radius 2 is 2.08 bits per heavy atom. The third-order valence-corrected chi connectivity index (χ3v) is 2.42. The molecule has 0 saturated heterocycles. The average molecular weight is 176 g/mol. The zero-order chi connectivity index (χ0) is 9.59. The molecule has 0 unspecified atom stereocenters. The van der Waals surface area contributed by atoms with Gasteiger partial charge in [-0.15, -0.1) is 0 Å². The Morgan fingerprint density at radius 1 is 1.38 bits per heavy atom. The van der Waals surface area contributed by atoms with E-state index in [0.717, 1.165) is 22.2 Å². The van der Waals surface area contributed by atoms with Gasteiger partial charge < -0.3 is 9.67 Å². The van der Waals surface area contributed by atoms with Crippen LogP contribution in [-0.2, 0) is 7.05 Å². The zero-order valence-electron chi connectivity index (χ0n) is 8.00. The summed E-state index contributed by atoms with van der Waals surface area (Å²) in [6.45, 7) is 3.78. The predicted molar refractivity (Wildman–Crippen MR) is 51.9 cm³/mol. The number of phenols is 1. The molecule has 0 fully saturated rings. The molecule has 0 aliphatic rings. The largest absolute Gasteiger partial charge is 0.507 e. The lowest BCUT2D eigenvalue weighted by Gasteiger charge is -2.04. The zero-order valence-corrected chi connectivity index (χ0v) is 8.00. The molecule has 0 aliphatic carbocycles. The second-order valence-corrected chi connectivity index (χ2v) is 3.39. The van der Waals surface area contributed by atoms with Crippen LogP contribution in [0.1, 0.15) is 11.1 Å². The van der Waals surface area contributed by atoms with Gasteiger partial charge in [-0.3, -0.25) is 0 Å². The first-order valence-corrected chi connectivity index (χ1v) is 4.21. The minimum atomic E-state index is 0.353. The second kappa shape index (κ2) is 2.49. The van der Waals surface area contributed by atoms with E-state index in [-0.39, 0.29) is 0 Å². The van der Waals surface area contributed by atoms with Gasteiger partial charge in [0.1, 0.15) is 5.75 Å². The van der Waals surface area contributed by atoms with Crippen LogP contribution in [0.5, 0.6) is 5.75 Å². The van der Waals surface area contributed by atoms with Crippen LogP contribution in [0.4, 0.5) is 0 Å². The Balaban J connectivity index is 2.96. The Hall–Kier alpha value is -1.51. The molecular formula is C10H12N2O. The molecule has 2 aromatic rings. The van der Waals surface area contributed by atoms with Crippen LogP contribution in [0.2, 0.25) is 0 Å². The number of aromatic nitrogens is 2. The van der Waals surface area contributed by atoms with Gasteiger partial charge in [-0.25, -0.2) is 4.98 Å². The molecule has 0 atom stereocenters. The number of benzene rings is 1. The maximum Gasteiger partial charge on any atom is 0.123 e. The lowest BCUT2D eigenvalue weighted by Crippen LogP contribution is -1.87. The highest BCUT2D eigenvalue weighted by atomic mass is 16.3. The number of phenolic OH excluding ortho intramolecular Hbond substituents is 1. The van der Waals surface area contributed by atoms with E-state index >= 15 is 0 Å². The van der Waals surface area contributed by atoms with Gasteiger partial charge in [-0.05, 0) is 25.5 Å². The number of hydrogen-bond donors (Lipinski definition) is 1. The van der Waals surface area contributed by atoms with Crippen molar-refractivity contribution in [2.24, 2.45) is 7.05 Å². The van der Waals surface area contributed by atoms with Crippen molar-refractivity contribution in [3.05, 3.63) is 23.5 Å². The fourth-order valence-electron chi connectivity index (χ4n) is 1.58. The summed E-state index contributed by atoms with van der Waals surface area (Å²) < 4.78 is 1.95. The van der Waals surface area contributed by atoms with Crippen molar-refractivity contribution in [1.29, 1.82) is 0 Å². The van der Waals surface area contributed by atoms with E-state index in [1.165, 1.54) is 0 Å². The summed E-state index contributed by atoms with van der Waals surface area (Å²) in [7, 11) is 1.95. The lowest BCUT2D eigenvalue weighted by atomic mass is 10.1. The third kappa shape index (κ3) is 1.00. The van der Waals surface area contributed by atoms with Gasteiger partial charge in [0.15, 0.2) is 0 Å². The molecule has 0 saturated carbocycles. The molecule has 1 aromatic heterocycles. The van der Waals surface area contributed by atoms with Crippen LogP contribution in [0, 0.1) is 13.8 Å². The molecule has 68 valence electrons. The van der Waals surface area contributed by atoms with Gasteiger partial charge in [-0.2, -0.15) is 0 Å². The standard InChI is InChI=1S/C10H12N2O/c1-6-4-8-9(7(2)10(6)13)11-5-12(8)3/h4-5,13H,1-3H3. The summed E-state index contributed by atoms with van der Waals surface area (Å²) in [5.74, 6) is 0.353. The van der Waals surface area contributed by atoms with E-state index in [4.69, 9.17) is 0 Å². The van der Waals surface area contributed by atoms with Crippen LogP contribution in [0.3, 0.4) is 0 Å². The number of aryl methyl sites for hydroxylation is 3. The summed E-state index contributed by atoms with van der Waals surface area (Å²) in [5.41, 5.74) is 3.70. The number of aromatic hydroxyl groups is 1. The molecule has 0 aliphatic heterocycles. The molecule has 1 heterocycles. The van der Waals surface area contributed by atoms with Gasteiger partial charge in [0.2, 0.25) is 0 Å². The van der Waals surface area contributed by atoms with Crippen molar-refractivity contribution in [3.63, 3.8) is 0 Å². The molecule has 0 radical (unpaired) electrons. The minimum absolute atomic E-state index is 0.353. The molecule has 13 heavy (non-hydrogen) atoms. The normalized spacial score (nSPS) is 11.0. The number of hydrogen-bond acceptors (Lipinski definition) is 2. The van der Waals surface area contributed by atoms with Crippen LogP contribution in [-0.4, -0.2) is 14.7 Å². The Labute approximate surface area is 76.6 Å². The van der Waals surface area contributed by atoms with Crippen molar-refractivity contribution in [2.45, 2.75) is 13.8 Å². The van der Waals surface area contributed by atoms with Crippen LogP contribution >= 0.6 is 0 Å². The van der Waals surface area contributed by atoms with Gasteiger partial charge in [0, 0.05) is 12.6 Å². The summed E-state index contributed by atoms with van der Waals surface area (Å²) in [5, 5.41) is 9.66. The summed E-state index contributed by atoms with van der Waals surface area (Å²) in [4.78, 5) is 4.22. The number of nitrogens with zero attached hydrogens (tertiary/aromatic N) is 2. The minimum Gasteiger partial charge on any atom is -0.507 e. The quantitative estimate of drug-likeness (QED) is 0.665. The van der Waals surface area contributed by atoms with Gasteiger partial charge in [-0.1, -0.05) is 0 Å². The van der Waals surface area contributed by atoms with Crippen molar-refractivity contribution < 1.29 is 5.11 Å². The van der Waals surface area contributed by atoms with Crippen molar-refractivity contribution in [1.82, 2.24) is 9.55 Å². The number of rotatable bonds is 0. The molecule has 1 N–H and O–H groups in total. The van der Waals surface area contributed by atoms with E-state index in [1.54, 1.807) is 6.33 Å². The Bertz CT molecular complexity index is 471. The van der Waals surface area contributed by atoms with E-state index in [9.17, 15) is 5.11 Å². The summed E-state index contributed by atoms with van der Waals surface area (Å²) in [6.07, 6.45) is 1.76. The van der Waals surface area contributed by atoms with Gasteiger partial charge in [0.05, 0.1) is 17.4 Å². The highest BCUT2D eigenvalue weighted by Crippen LogP contribution is 2.28. The Kier molecular flexibility index (Phi) is 1.55. The topological polar surface area (TPSA) is 38.0 Å². The first-order chi connectivity index (χ1) is 6.11. The molecule has 0 spiro atoms. The number of fused-ring (bicyclic) bond motifs is 1. The van der Waals surface area contributed by atoms with E-state index in [0.29, 0.717) is 5.75 Å². The Morgan fingerprint density at radius 3 is 2.77 bits per heavy atom. The van der Waals surface area contributed by atoms with Crippen LogP contribution in [0.25, 0.3) is 11.0 Å². The first-order valence-electron chi connectivity index (χ1n) is 4.21. The van der Waals surface area contributed by atoms with Crippen molar-refractivity contribution >= 4 is 11.0 Å². The molecular weight excluding hydrogens is 164 g/mol. The van der Waals surface area contributed by atoms with Gasteiger partial charge >= 0.3 is 0 Å². The molecule has 3 nitrogen and oxygen atoms in total. The van der Waals surface area contributed by atoms with E-state index in [2.05, 4.69) is 4.98 Å². The molecule has 0 amide bonds. The SMILES string of the molecule is Cc1cc2c(ncn2C)c(C)c1O. The maximum atomic E-state index is 9.66. The highest BCUT2D eigenvalue weighted by molar-refractivity contribution is 5.82. The van der Waals surface area contributed by atoms with E-state index in [1.807, 2.05) is 31.5 Å². The van der Waals surface area contributed by atoms with Crippen molar-refractivity contribution in [2.75, 3.05) is 0 Å². The fourth-order valence-corrected chi connectivity index (χ4v) is 1.58. The third-order valence-electron chi connectivity index (χ3n) is 2.42. The van der Waals surface area contributed by atoms with Crippen LogP contribution < -0.4 is 0 Å². The number of imidazole rings is 1. The maximum absolute atomic E-state index is 9.66. The molecule has 3 heteroatoms. The lowest BCUT2D eigenvalue weighted by molar-refractivity contribution is 0.468. The summed E-state index contributed by atoms with van der Waals surface area (Å²) >= 11 is 0. The van der Waals surface area contributed by atoms with Crippen LogP contribution in [0.15, 0.2) is 12.4 Å². The predicted octanol–water partition coefficient (Wildman–Crippen LogP) is 1.90. The fraction of sp³-hybridized carbons (Fsp3) is 0.300. The highest BCUT2D eigenvalue weighted by Gasteiger charge is 2.09. The summed E-state index contributed by atoms with van der Waals surface area (Å²) in [6, 6.07) is 1.95. The molecule has 1 aromatic carbocycles. The second-order valence-electron chi connectivity index (χ2n) is 3.39. The first kappa shape index (κ1) is 8.10. The molecule has 2 rings (SSSR count). The molecule has 0 bridgehead atoms. The van der Waals surface area contributed by atoms with Gasteiger partial charge in [0.25, 0.3) is 0 Å². The van der Waals surface area contributed by atoms with E-state index < -0.39 is 0 Å². The monoisotopic (exact) mass is 176 g/mol. The average Bonchev–Trinajstić information content (AvgIpc) is 2.45. The smallest absolute Gasteiger partial charge is 0.123 e. The van der Waals surface area contributed by atoms with Crippen molar-refractivity contribution in [3.8, 4) is 5.75 Å².